The third-order valence-corrected chi connectivity index (χ3v) is 3.60. The number of para-hydroxylation sites is 1. The molecular weight excluding hydrogens is 312 g/mol. The standard InChI is InChI=1S/C18H22N2O2.ClH/c1-18(19,15-9-5-3-6-10-15)17(21)20(2)13-14-22-16-11-7-4-8-12-16;/h3-12H,13-14,19H2,1-2H3;1H. The summed E-state index contributed by atoms with van der Waals surface area (Å²) in [4.78, 5) is 14.2. The second-order valence-electron chi connectivity index (χ2n) is 5.46. The van der Waals surface area contributed by atoms with Crippen molar-refractivity contribution >= 4 is 18.3 Å². The lowest BCUT2D eigenvalue weighted by Crippen LogP contribution is -2.50. The molecule has 0 bridgehead atoms. The maximum absolute atomic E-state index is 12.6. The van der Waals surface area contributed by atoms with Crippen LogP contribution in [0.25, 0.3) is 0 Å². The topological polar surface area (TPSA) is 55.6 Å². The number of likely N-dealkylation sites (N-methyl/N-ethyl adjacent to an activating group) is 1. The Labute approximate surface area is 143 Å². The molecule has 23 heavy (non-hydrogen) atoms. The zero-order valence-corrected chi connectivity index (χ0v) is 14.3. The number of hydrogen-bond acceptors (Lipinski definition) is 3. The number of ether oxygens (including phenoxy) is 1. The molecule has 0 aliphatic heterocycles. The molecule has 124 valence electrons. The number of carbonyl (C=O) groups excluding carboxylic acids is 1. The molecule has 2 aromatic rings. The average Bonchev–Trinajstić information content (AvgIpc) is 2.55. The number of amides is 1. The minimum atomic E-state index is -1.04. The predicted molar refractivity (Wildman–Crippen MR) is 94.8 cm³/mol. The van der Waals surface area contributed by atoms with E-state index in [0.29, 0.717) is 13.2 Å². The fraction of sp³-hybridized carbons (Fsp3) is 0.278. The number of carbonyl (C=O) groups is 1. The van der Waals surface area contributed by atoms with Crippen LogP contribution in [0, 0.1) is 0 Å². The van der Waals surface area contributed by atoms with Crippen LogP contribution >= 0.6 is 12.4 Å². The van der Waals surface area contributed by atoms with Gasteiger partial charge < -0.3 is 15.4 Å². The molecule has 0 spiro atoms. The van der Waals surface area contributed by atoms with E-state index in [2.05, 4.69) is 0 Å². The lowest BCUT2D eigenvalue weighted by molar-refractivity contribution is -0.135. The molecule has 0 radical (unpaired) electrons. The Kier molecular flexibility index (Phi) is 7.07. The Hall–Kier alpha value is -2.04. The van der Waals surface area contributed by atoms with Gasteiger partial charge in [0, 0.05) is 7.05 Å². The van der Waals surface area contributed by atoms with Crippen LogP contribution in [0.5, 0.6) is 5.75 Å². The minimum absolute atomic E-state index is 0. The average molecular weight is 335 g/mol. The van der Waals surface area contributed by atoms with Crippen LogP contribution in [0.2, 0.25) is 0 Å². The van der Waals surface area contributed by atoms with Gasteiger partial charge in [0.05, 0.1) is 6.54 Å². The molecule has 0 aromatic heterocycles. The van der Waals surface area contributed by atoms with E-state index < -0.39 is 5.54 Å². The highest BCUT2D eigenvalue weighted by Gasteiger charge is 2.32. The van der Waals surface area contributed by atoms with Crippen molar-refractivity contribution in [3.8, 4) is 5.75 Å². The first-order chi connectivity index (χ1) is 10.5. The first kappa shape index (κ1) is 19.0. The molecule has 0 fully saturated rings. The van der Waals surface area contributed by atoms with Crippen molar-refractivity contribution < 1.29 is 9.53 Å². The van der Waals surface area contributed by atoms with Crippen LogP contribution in [0.1, 0.15) is 12.5 Å². The fourth-order valence-corrected chi connectivity index (χ4v) is 2.22. The molecule has 0 aliphatic carbocycles. The Morgan fingerprint density at radius 1 is 1.09 bits per heavy atom. The van der Waals surface area contributed by atoms with Crippen molar-refractivity contribution in [1.82, 2.24) is 4.90 Å². The van der Waals surface area contributed by atoms with E-state index in [0.717, 1.165) is 11.3 Å². The van der Waals surface area contributed by atoms with Crippen molar-refractivity contribution in [3.05, 3.63) is 66.2 Å². The third-order valence-electron chi connectivity index (χ3n) is 3.60. The summed E-state index contributed by atoms with van der Waals surface area (Å²) >= 11 is 0. The van der Waals surface area contributed by atoms with E-state index in [1.807, 2.05) is 60.7 Å². The molecule has 0 saturated carbocycles. The molecule has 1 amide bonds. The molecular formula is C18H23ClN2O2. The molecule has 2 rings (SSSR count). The van der Waals surface area contributed by atoms with Gasteiger partial charge in [-0.05, 0) is 24.6 Å². The van der Waals surface area contributed by atoms with Gasteiger partial charge in [0.2, 0.25) is 5.91 Å². The van der Waals surface area contributed by atoms with Gasteiger partial charge in [0.25, 0.3) is 0 Å². The molecule has 1 atom stereocenters. The van der Waals surface area contributed by atoms with Gasteiger partial charge in [0.15, 0.2) is 0 Å². The van der Waals surface area contributed by atoms with Crippen molar-refractivity contribution in [2.45, 2.75) is 12.5 Å². The molecule has 0 heterocycles. The van der Waals surface area contributed by atoms with E-state index in [1.165, 1.54) is 0 Å². The maximum Gasteiger partial charge on any atom is 0.246 e. The van der Waals surface area contributed by atoms with Crippen LogP contribution in [-0.4, -0.2) is 31.0 Å². The van der Waals surface area contributed by atoms with E-state index in [4.69, 9.17) is 10.5 Å². The summed E-state index contributed by atoms with van der Waals surface area (Å²) in [5.41, 5.74) is 6.00. The molecule has 5 heteroatoms. The third kappa shape index (κ3) is 4.98. The SMILES string of the molecule is CN(CCOc1ccccc1)C(=O)C(C)(N)c1ccccc1.Cl. The van der Waals surface area contributed by atoms with Crippen LogP contribution in [0.3, 0.4) is 0 Å². The number of nitrogens with zero attached hydrogens (tertiary/aromatic N) is 1. The Balaban J connectivity index is 0.00000264. The lowest BCUT2D eigenvalue weighted by Gasteiger charge is -2.29. The number of hydrogen-bond donors (Lipinski definition) is 1. The summed E-state index contributed by atoms with van der Waals surface area (Å²) in [6.45, 7) is 2.64. The van der Waals surface area contributed by atoms with Gasteiger partial charge in [-0.25, -0.2) is 0 Å². The molecule has 0 aliphatic rings. The van der Waals surface area contributed by atoms with Crippen molar-refractivity contribution in [2.24, 2.45) is 5.73 Å². The summed E-state index contributed by atoms with van der Waals surface area (Å²) in [5, 5.41) is 0. The number of benzene rings is 2. The molecule has 2 N–H and O–H groups in total. The number of rotatable bonds is 6. The summed E-state index contributed by atoms with van der Waals surface area (Å²) in [6.07, 6.45) is 0. The fourth-order valence-electron chi connectivity index (χ4n) is 2.22. The van der Waals surface area contributed by atoms with Crippen LogP contribution < -0.4 is 10.5 Å². The quantitative estimate of drug-likeness (QED) is 0.883. The summed E-state index contributed by atoms with van der Waals surface area (Å²) < 4.78 is 5.61. The second kappa shape index (κ2) is 8.56. The number of nitrogens with two attached hydrogens (primary N) is 1. The number of halogens is 1. The lowest BCUT2D eigenvalue weighted by atomic mass is 9.92. The van der Waals surface area contributed by atoms with Crippen molar-refractivity contribution in [1.29, 1.82) is 0 Å². The highest BCUT2D eigenvalue weighted by atomic mass is 35.5. The Bertz CT molecular complexity index is 603. The normalized spacial score (nSPS) is 12.7. The zero-order chi connectivity index (χ0) is 16.0. The van der Waals surface area contributed by atoms with Crippen molar-refractivity contribution in [2.75, 3.05) is 20.2 Å². The first-order valence-electron chi connectivity index (χ1n) is 7.29. The van der Waals surface area contributed by atoms with Gasteiger partial charge in [-0.3, -0.25) is 4.79 Å². The van der Waals surface area contributed by atoms with Gasteiger partial charge in [0.1, 0.15) is 17.9 Å². The first-order valence-corrected chi connectivity index (χ1v) is 7.29. The smallest absolute Gasteiger partial charge is 0.246 e. The van der Waals surface area contributed by atoms with Gasteiger partial charge in [-0.2, -0.15) is 0 Å². The van der Waals surface area contributed by atoms with Gasteiger partial charge in [-0.15, -0.1) is 12.4 Å². The zero-order valence-electron chi connectivity index (χ0n) is 13.4. The van der Waals surface area contributed by atoms with E-state index in [-0.39, 0.29) is 18.3 Å². The van der Waals surface area contributed by atoms with Gasteiger partial charge in [-0.1, -0.05) is 48.5 Å². The maximum atomic E-state index is 12.6. The molecule has 1 unspecified atom stereocenters. The van der Waals surface area contributed by atoms with Crippen LogP contribution in [0.15, 0.2) is 60.7 Å². The minimum Gasteiger partial charge on any atom is -0.492 e. The van der Waals surface area contributed by atoms with Crippen LogP contribution in [0.4, 0.5) is 0 Å². The Morgan fingerprint density at radius 3 is 2.17 bits per heavy atom. The van der Waals surface area contributed by atoms with Gasteiger partial charge >= 0.3 is 0 Å². The molecule has 2 aromatic carbocycles. The summed E-state index contributed by atoms with van der Waals surface area (Å²) in [7, 11) is 1.74. The predicted octanol–water partition coefficient (Wildman–Crippen LogP) is 2.82. The second-order valence-corrected chi connectivity index (χ2v) is 5.46. The Morgan fingerprint density at radius 2 is 1.61 bits per heavy atom. The van der Waals surface area contributed by atoms with E-state index >= 15 is 0 Å². The summed E-state index contributed by atoms with van der Waals surface area (Å²) in [6, 6.07) is 18.9. The van der Waals surface area contributed by atoms with Crippen molar-refractivity contribution in [3.63, 3.8) is 0 Å². The monoisotopic (exact) mass is 334 g/mol. The molecule has 0 saturated heterocycles. The highest BCUT2D eigenvalue weighted by Crippen LogP contribution is 2.19. The van der Waals surface area contributed by atoms with Crippen LogP contribution in [-0.2, 0) is 10.3 Å². The van der Waals surface area contributed by atoms with E-state index in [9.17, 15) is 4.79 Å². The molecule has 4 nitrogen and oxygen atoms in total. The van der Waals surface area contributed by atoms with E-state index in [1.54, 1.807) is 18.9 Å². The highest BCUT2D eigenvalue weighted by molar-refractivity contribution is 5.86. The largest absolute Gasteiger partial charge is 0.492 e. The summed E-state index contributed by atoms with van der Waals surface area (Å²) in [5.74, 6) is 0.664.